The number of amides is 1. The van der Waals surface area contributed by atoms with E-state index in [2.05, 4.69) is 11.4 Å². The van der Waals surface area contributed by atoms with Crippen molar-refractivity contribution in [3.05, 3.63) is 35.4 Å². The molecule has 1 rings (SSSR count). The van der Waals surface area contributed by atoms with Crippen LogP contribution in [0.25, 0.3) is 0 Å². The van der Waals surface area contributed by atoms with Crippen LogP contribution in [0.5, 0.6) is 0 Å². The molecule has 2 atom stereocenters. The molecule has 0 bridgehead atoms. The fraction of sp³-hybridized carbons (Fsp3) is 0.462. The average Bonchev–Trinajstić information content (AvgIpc) is 2.27. The van der Waals surface area contributed by atoms with Crippen LogP contribution in [0.4, 0.5) is 0 Å². The first-order chi connectivity index (χ1) is 7.54. The number of nitrogens with one attached hydrogen (secondary N) is 1. The van der Waals surface area contributed by atoms with Crippen LogP contribution >= 0.6 is 0 Å². The summed E-state index contributed by atoms with van der Waals surface area (Å²) in [6.45, 7) is 5.91. The quantitative estimate of drug-likeness (QED) is 0.814. The zero-order valence-electron chi connectivity index (χ0n) is 10.2. The van der Waals surface area contributed by atoms with Crippen molar-refractivity contribution in [3.8, 4) is 0 Å². The van der Waals surface area contributed by atoms with E-state index in [1.54, 1.807) is 0 Å². The zero-order chi connectivity index (χ0) is 12.1. The van der Waals surface area contributed by atoms with Crippen LogP contribution in [0, 0.1) is 6.92 Å². The fourth-order valence-corrected chi connectivity index (χ4v) is 1.53. The Hall–Kier alpha value is -1.35. The molecule has 3 N–H and O–H groups in total. The molecule has 1 aromatic rings. The summed E-state index contributed by atoms with van der Waals surface area (Å²) in [5, 5.41) is 2.91. The second kappa shape index (κ2) is 5.66. The van der Waals surface area contributed by atoms with Crippen molar-refractivity contribution in [3.63, 3.8) is 0 Å². The lowest BCUT2D eigenvalue weighted by molar-refractivity contribution is -0.123. The predicted octanol–water partition coefficient (Wildman–Crippen LogP) is 1.91. The minimum absolute atomic E-state index is 0.00463. The summed E-state index contributed by atoms with van der Waals surface area (Å²) in [6.07, 6.45) is 0.659. The lowest BCUT2D eigenvalue weighted by Crippen LogP contribution is -2.41. The maximum atomic E-state index is 11.6. The normalized spacial score (nSPS) is 14.2. The van der Waals surface area contributed by atoms with Crippen LogP contribution in [0.2, 0.25) is 0 Å². The molecule has 0 heterocycles. The Labute approximate surface area is 97.0 Å². The molecule has 3 heteroatoms. The number of benzene rings is 1. The smallest absolute Gasteiger partial charge is 0.237 e. The maximum absolute atomic E-state index is 11.6. The predicted molar refractivity (Wildman–Crippen MR) is 66.0 cm³/mol. The molecule has 0 fully saturated rings. The molecule has 0 spiro atoms. The topological polar surface area (TPSA) is 55.1 Å². The minimum Gasteiger partial charge on any atom is -0.348 e. The molecular formula is C13H20N2O. The van der Waals surface area contributed by atoms with Gasteiger partial charge in [-0.1, -0.05) is 36.8 Å². The molecular weight excluding hydrogens is 200 g/mol. The van der Waals surface area contributed by atoms with E-state index in [1.165, 1.54) is 5.56 Å². The van der Waals surface area contributed by atoms with Crippen molar-refractivity contribution in [1.29, 1.82) is 0 Å². The van der Waals surface area contributed by atoms with Crippen molar-refractivity contribution in [1.82, 2.24) is 5.32 Å². The van der Waals surface area contributed by atoms with Crippen LogP contribution in [-0.2, 0) is 4.79 Å². The third-order valence-corrected chi connectivity index (χ3v) is 2.68. The number of hydrogen-bond donors (Lipinski definition) is 2. The second-order valence-corrected chi connectivity index (χ2v) is 4.16. The Morgan fingerprint density at radius 2 is 2.19 bits per heavy atom. The van der Waals surface area contributed by atoms with Gasteiger partial charge in [-0.15, -0.1) is 0 Å². The van der Waals surface area contributed by atoms with E-state index in [1.807, 2.05) is 39.0 Å². The Morgan fingerprint density at radius 1 is 1.50 bits per heavy atom. The molecule has 16 heavy (non-hydrogen) atoms. The standard InChI is InChI=1S/C13H20N2O/c1-4-12(14)13(16)15-10(3)11-7-5-6-9(2)8-11/h5-8,10,12H,4,14H2,1-3H3,(H,15,16)/t10-,12?/m0/s1. The van der Waals surface area contributed by atoms with Gasteiger partial charge in [0.05, 0.1) is 12.1 Å². The molecule has 1 amide bonds. The molecule has 1 unspecified atom stereocenters. The van der Waals surface area contributed by atoms with E-state index in [4.69, 9.17) is 5.73 Å². The van der Waals surface area contributed by atoms with Gasteiger partial charge in [0.15, 0.2) is 0 Å². The van der Waals surface area contributed by atoms with E-state index in [0.717, 1.165) is 5.56 Å². The summed E-state index contributed by atoms with van der Waals surface area (Å²) in [7, 11) is 0. The Morgan fingerprint density at radius 3 is 2.75 bits per heavy atom. The lowest BCUT2D eigenvalue weighted by Gasteiger charge is -2.17. The van der Waals surface area contributed by atoms with Gasteiger partial charge in [-0.3, -0.25) is 4.79 Å². The molecule has 0 saturated heterocycles. The van der Waals surface area contributed by atoms with Crippen LogP contribution in [0.1, 0.15) is 37.4 Å². The average molecular weight is 220 g/mol. The summed E-state index contributed by atoms with van der Waals surface area (Å²) in [4.78, 5) is 11.6. The minimum atomic E-state index is -0.410. The maximum Gasteiger partial charge on any atom is 0.237 e. The van der Waals surface area contributed by atoms with E-state index in [-0.39, 0.29) is 11.9 Å². The highest BCUT2D eigenvalue weighted by atomic mass is 16.2. The second-order valence-electron chi connectivity index (χ2n) is 4.16. The van der Waals surface area contributed by atoms with Crippen LogP contribution in [0.3, 0.4) is 0 Å². The summed E-state index contributed by atoms with van der Waals surface area (Å²) in [5.41, 5.74) is 7.96. The molecule has 88 valence electrons. The van der Waals surface area contributed by atoms with Gasteiger partial charge in [0.1, 0.15) is 0 Å². The number of aryl methyl sites for hydroxylation is 1. The van der Waals surface area contributed by atoms with E-state index < -0.39 is 6.04 Å². The Balaban J connectivity index is 2.65. The van der Waals surface area contributed by atoms with Crippen molar-refractivity contribution in [2.45, 2.75) is 39.3 Å². The van der Waals surface area contributed by atoms with Gasteiger partial charge in [-0.25, -0.2) is 0 Å². The van der Waals surface area contributed by atoms with Crippen molar-refractivity contribution in [2.75, 3.05) is 0 Å². The first kappa shape index (κ1) is 12.7. The monoisotopic (exact) mass is 220 g/mol. The van der Waals surface area contributed by atoms with Gasteiger partial charge in [-0.05, 0) is 25.8 Å². The number of hydrogen-bond acceptors (Lipinski definition) is 2. The highest BCUT2D eigenvalue weighted by molar-refractivity contribution is 5.81. The molecule has 0 radical (unpaired) electrons. The van der Waals surface area contributed by atoms with Crippen molar-refractivity contribution in [2.24, 2.45) is 5.73 Å². The third-order valence-electron chi connectivity index (χ3n) is 2.68. The molecule has 0 aliphatic carbocycles. The Bertz CT molecular complexity index is 363. The first-order valence-electron chi connectivity index (χ1n) is 5.67. The number of carbonyl (C=O) groups excluding carboxylic acids is 1. The SMILES string of the molecule is CCC(N)C(=O)N[C@@H](C)c1cccc(C)c1. The zero-order valence-corrected chi connectivity index (χ0v) is 10.2. The Kier molecular flexibility index (Phi) is 4.50. The molecule has 0 aliphatic rings. The van der Waals surface area contributed by atoms with Gasteiger partial charge in [0, 0.05) is 0 Å². The van der Waals surface area contributed by atoms with E-state index in [9.17, 15) is 4.79 Å². The van der Waals surface area contributed by atoms with Gasteiger partial charge in [0.25, 0.3) is 0 Å². The highest BCUT2D eigenvalue weighted by Crippen LogP contribution is 2.13. The molecule has 1 aromatic carbocycles. The molecule has 0 saturated carbocycles. The van der Waals surface area contributed by atoms with E-state index in [0.29, 0.717) is 6.42 Å². The first-order valence-corrected chi connectivity index (χ1v) is 5.67. The summed E-state index contributed by atoms with van der Waals surface area (Å²) in [5.74, 6) is -0.0866. The fourth-order valence-electron chi connectivity index (χ4n) is 1.53. The number of nitrogens with two attached hydrogens (primary N) is 1. The van der Waals surface area contributed by atoms with Gasteiger partial charge < -0.3 is 11.1 Å². The van der Waals surface area contributed by atoms with Crippen LogP contribution < -0.4 is 11.1 Å². The van der Waals surface area contributed by atoms with Crippen molar-refractivity contribution >= 4 is 5.91 Å². The summed E-state index contributed by atoms with van der Waals surface area (Å²) < 4.78 is 0. The van der Waals surface area contributed by atoms with Crippen molar-refractivity contribution < 1.29 is 4.79 Å². The lowest BCUT2D eigenvalue weighted by atomic mass is 10.1. The molecule has 0 aromatic heterocycles. The largest absolute Gasteiger partial charge is 0.348 e. The highest BCUT2D eigenvalue weighted by Gasteiger charge is 2.14. The van der Waals surface area contributed by atoms with Crippen LogP contribution in [-0.4, -0.2) is 11.9 Å². The van der Waals surface area contributed by atoms with E-state index >= 15 is 0 Å². The van der Waals surface area contributed by atoms with Gasteiger partial charge in [0.2, 0.25) is 5.91 Å². The molecule has 0 aliphatic heterocycles. The van der Waals surface area contributed by atoms with Gasteiger partial charge >= 0.3 is 0 Å². The molecule has 3 nitrogen and oxygen atoms in total. The van der Waals surface area contributed by atoms with Gasteiger partial charge in [-0.2, -0.15) is 0 Å². The summed E-state index contributed by atoms with van der Waals surface area (Å²) >= 11 is 0. The third kappa shape index (κ3) is 3.35. The van der Waals surface area contributed by atoms with Crippen LogP contribution in [0.15, 0.2) is 24.3 Å². The number of rotatable bonds is 4. The number of carbonyl (C=O) groups is 1. The summed E-state index contributed by atoms with van der Waals surface area (Å²) in [6, 6.07) is 7.71.